The average molecular weight is 233 g/mol. The smallest absolute Gasteiger partial charge is 0.255 e. The van der Waals surface area contributed by atoms with Crippen molar-refractivity contribution in [3.8, 4) is 0 Å². The van der Waals surface area contributed by atoms with E-state index >= 15 is 0 Å². The lowest BCUT2D eigenvalue weighted by molar-refractivity contribution is 0.0949. The molecule has 0 aliphatic rings. The van der Waals surface area contributed by atoms with Gasteiger partial charge >= 0.3 is 0 Å². The molecule has 2 rings (SSSR count). The van der Waals surface area contributed by atoms with Gasteiger partial charge < -0.3 is 9.73 Å². The molecule has 0 spiro atoms. The highest BCUT2D eigenvalue weighted by molar-refractivity contribution is 5.94. The number of carbonyl (C=O) groups is 1. The fourth-order valence-electron chi connectivity index (χ4n) is 1.55. The molecule has 1 aromatic carbocycles. The van der Waals surface area contributed by atoms with E-state index in [1.165, 1.54) is 18.4 Å². The maximum atomic E-state index is 12.9. The third-order valence-corrected chi connectivity index (χ3v) is 2.45. The summed E-state index contributed by atoms with van der Waals surface area (Å²) in [6.07, 6.45) is 1.46. The van der Waals surface area contributed by atoms with Crippen LogP contribution in [0.4, 0.5) is 4.39 Å². The van der Waals surface area contributed by atoms with Gasteiger partial charge in [0.15, 0.2) is 0 Å². The van der Waals surface area contributed by atoms with Crippen molar-refractivity contribution in [3.05, 3.63) is 59.3 Å². The molecule has 0 bridgehead atoms. The molecule has 3 nitrogen and oxygen atoms in total. The van der Waals surface area contributed by atoms with Crippen LogP contribution in [0.5, 0.6) is 0 Å². The zero-order chi connectivity index (χ0) is 12.3. The van der Waals surface area contributed by atoms with Crippen molar-refractivity contribution in [2.45, 2.75) is 13.5 Å². The van der Waals surface area contributed by atoms with E-state index in [4.69, 9.17) is 4.42 Å². The Morgan fingerprint density at radius 1 is 1.41 bits per heavy atom. The predicted molar refractivity (Wildman–Crippen MR) is 61.0 cm³/mol. The fourth-order valence-corrected chi connectivity index (χ4v) is 1.55. The van der Waals surface area contributed by atoms with Crippen LogP contribution in [0.3, 0.4) is 0 Å². The summed E-state index contributed by atoms with van der Waals surface area (Å²) < 4.78 is 17.9. The molecule has 17 heavy (non-hydrogen) atoms. The number of benzene rings is 1. The Labute approximate surface area is 98.3 Å². The minimum Gasteiger partial charge on any atom is -0.469 e. The highest BCUT2D eigenvalue weighted by Gasteiger charge is 2.10. The third kappa shape index (κ3) is 2.72. The number of carbonyl (C=O) groups excluding carboxylic acids is 1. The molecule has 0 aliphatic carbocycles. The molecular weight excluding hydrogens is 221 g/mol. The maximum absolute atomic E-state index is 12.9. The lowest BCUT2D eigenvalue weighted by Gasteiger charge is -2.04. The number of amides is 1. The van der Waals surface area contributed by atoms with E-state index < -0.39 is 0 Å². The lowest BCUT2D eigenvalue weighted by atomic mass is 10.2. The molecule has 2 aromatic rings. The second-order valence-corrected chi connectivity index (χ2v) is 3.70. The molecule has 0 fully saturated rings. The van der Waals surface area contributed by atoms with Crippen molar-refractivity contribution in [2.24, 2.45) is 0 Å². The molecule has 0 saturated carbocycles. The molecule has 0 unspecified atom stereocenters. The lowest BCUT2D eigenvalue weighted by Crippen LogP contribution is -2.22. The van der Waals surface area contributed by atoms with Crippen molar-refractivity contribution in [2.75, 3.05) is 0 Å². The quantitative estimate of drug-likeness (QED) is 0.885. The molecule has 0 saturated heterocycles. The summed E-state index contributed by atoms with van der Waals surface area (Å²) in [4.78, 5) is 11.7. The highest BCUT2D eigenvalue weighted by atomic mass is 19.1. The summed E-state index contributed by atoms with van der Waals surface area (Å²) >= 11 is 0. The first-order chi connectivity index (χ1) is 8.16. The number of hydrogen-bond acceptors (Lipinski definition) is 2. The fraction of sp³-hybridized carbons (Fsp3) is 0.154. The normalized spacial score (nSPS) is 10.2. The van der Waals surface area contributed by atoms with Gasteiger partial charge in [0.05, 0.1) is 11.8 Å². The largest absolute Gasteiger partial charge is 0.469 e. The van der Waals surface area contributed by atoms with E-state index in [9.17, 15) is 9.18 Å². The zero-order valence-electron chi connectivity index (χ0n) is 9.37. The second-order valence-electron chi connectivity index (χ2n) is 3.70. The molecule has 1 aromatic heterocycles. The maximum Gasteiger partial charge on any atom is 0.255 e. The van der Waals surface area contributed by atoms with Crippen molar-refractivity contribution >= 4 is 5.91 Å². The van der Waals surface area contributed by atoms with E-state index in [1.807, 2.05) is 0 Å². The summed E-state index contributed by atoms with van der Waals surface area (Å²) in [5.41, 5.74) is 1.22. The third-order valence-electron chi connectivity index (χ3n) is 2.45. The van der Waals surface area contributed by atoms with Crippen LogP contribution in [0, 0.1) is 12.7 Å². The number of nitrogens with one attached hydrogen (secondary N) is 1. The standard InChI is InChI=1S/C13H12FNO2/c1-9-12(5-6-17-9)13(16)15-8-10-3-2-4-11(14)7-10/h2-7H,8H2,1H3,(H,15,16). The Morgan fingerprint density at radius 2 is 2.24 bits per heavy atom. The van der Waals surface area contributed by atoms with E-state index in [0.29, 0.717) is 17.9 Å². The number of rotatable bonds is 3. The second kappa shape index (κ2) is 4.82. The van der Waals surface area contributed by atoms with Gasteiger partial charge in [-0.1, -0.05) is 12.1 Å². The molecular formula is C13H12FNO2. The van der Waals surface area contributed by atoms with Crippen molar-refractivity contribution in [1.82, 2.24) is 5.32 Å². The summed E-state index contributed by atoms with van der Waals surface area (Å²) in [6, 6.07) is 7.73. The van der Waals surface area contributed by atoms with E-state index in [-0.39, 0.29) is 11.7 Å². The Kier molecular flexibility index (Phi) is 3.23. The number of hydrogen-bond donors (Lipinski definition) is 1. The van der Waals surface area contributed by atoms with Crippen LogP contribution in [-0.4, -0.2) is 5.91 Å². The van der Waals surface area contributed by atoms with Crippen molar-refractivity contribution < 1.29 is 13.6 Å². The molecule has 0 radical (unpaired) electrons. The minimum atomic E-state index is -0.309. The molecule has 0 aliphatic heterocycles. The SMILES string of the molecule is Cc1occc1C(=O)NCc1cccc(F)c1. The summed E-state index contributed by atoms with van der Waals surface area (Å²) in [7, 11) is 0. The van der Waals surface area contributed by atoms with Crippen LogP contribution in [0.2, 0.25) is 0 Å². The number of aryl methyl sites for hydroxylation is 1. The summed E-state index contributed by atoms with van der Waals surface area (Å²) in [5, 5.41) is 2.70. The number of halogens is 1. The summed E-state index contributed by atoms with van der Waals surface area (Å²) in [6.45, 7) is 2.01. The van der Waals surface area contributed by atoms with E-state index in [1.54, 1.807) is 25.1 Å². The first-order valence-corrected chi connectivity index (χ1v) is 5.23. The Balaban J connectivity index is 1.99. The van der Waals surface area contributed by atoms with Gasteiger partial charge in [-0.25, -0.2) is 4.39 Å². The van der Waals surface area contributed by atoms with Gasteiger partial charge in [0.25, 0.3) is 5.91 Å². The monoisotopic (exact) mass is 233 g/mol. The van der Waals surface area contributed by atoms with Gasteiger partial charge in [-0.15, -0.1) is 0 Å². The topological polar surface area (TPSA) is 42.2 Å². The Morgan fingerprint density at radius 3 is 2.88 bits per heavy atom. The molecule has 4 heteroatoms. The number of furan rings is 1. The van der Waals surface area contributed by atoms with E-state index in [0.717, 1.165) is 5.56 Å². The van der Waals surface area contributed by atoms with Crippen LogP contribution in [0.1, 0.15) is 21.7 Å². The van der Waals surface area contributed by atoms with Crippen LogP contribution >= 0.6 is 0 Å². The predicted octanol–water partition coefficient (Wildman–Crippen LogP) is 2.66. The van der Waals surface area contributed by atoms with Crippen molar-refractivity contribution in [3.63, 3.8) is 0 Å². The van der Waals surface area contributed by atoms with Gasteiger partial charge in [-0.2, -0.15) is 0 Å². The minimum absolute atomic E-state index is 0.222. The van der Waals surface area contributed by atoms with Crippen molar-refractivity contribution in [1.29, 1.82) is 0 Å². The van der Waals surface area contributed by atoms with Crippen LogP contribution in [0.15, 0.2) is 41.0 Å². The van der Waals surface area contributed by atoms with Gasteiger partial charge in [0.1, 0.15) is 11.6 Å². The molecule has 1 heterocycles. The average Bonchev–Trinajstić information content (AvgIpc) is 2.72. The Bertz CT molecular complexity index is 534. The van der Waals surface area contributed by atoms with Crippen LogP contribution < -0.4 is 5.32 Å². The highest BCUT2D eigenvalue weighted by Crippen LogP contribution is 2.09. The first-order valence-electron chi connectivity index (χ1n) is 5.23. The molecule has 88 valence electrons. The summed E-state index contributed by atoms with van der Waals surface area (Å²) in [5.74, 6) is 0.0403. The van der Waals surface area contributed by atoms with E-state index in [2.05, 4.69) is 5.32 Å². The van der Waals surface area contributed by atoms with Gasteiger partial charge in [0, 0.05) is 6.54 Å². The van der Waals surface area contributed by atoms with Gasteiger partial charge in [0.2, 0.25) is 0 Å². The van der Waals surface area contributed by atoms with Crippen LogP contribution in [0.25, 0.3) is 0 Å². The van der Waals surface area contributed by atoms with Gasteiger partial charge in [-0.05, 0) is 30.7 Å². The zero-order valence-corrected chi connectivity index (χ0v) is 9.37. The van der Waals surface area contributed by atoms with Gasteiger partial charge in [-0.3, -0.25) is 4.79 Å². The first kappa shape index (κ1) is 11.4. The molecule has 1 N–H and O–H groups in total. The van der Waals surface area contributed by atoms with Crippen LogP contribution in [-0.2, 0) is 6.54 Å². The Hall–Kier alpha value is -2.10. The molecule has 0 atom stereocenters. The molecule has 1 amide bonds.